The Balaban J connectivity index is 3.13. The van der Waals surface area contributed by atoms with E-state index in [1.54, 1.807) is 44.2 Å². The van der Waals surface area contributed by atoms with Crippen LogP contribution in [0.2, 0.25) is 0 Å². The number of benzene rings is 1. The van der Waals surface area contributed by atoms with Gasteiger partial charge in [-0.1, -0.05) is 44.2 Å². The zero-order chi connectivity index (χ0) is 34.8. The first-order valence-corrected chi connectivity index (χ1v) is 14.5. The van der Waals surface area contributed by atoms with Crippen LogP contribution >= 0.6 is 0 Å². The van der Waals surface area contributed by atoms with E-state index >= 15 is 0 Å². The lowest BCUT2D eigenvalue weighted by Crippen LogP contribution is -2.60. The molecule has 0 aromatic heterocycles. The number of methoxy groups -OCH3 is 2. The highest BCUT2D eigenvalue weighted by Crippen LogP contribution is 2.10. The number of alkyl carbamates (subject to hydrolysis) is 1. The summed E-state index contributed by atoms with van der Waals surface area (Å²) in [5, 5.41) is 19.6. The minimum atomic E-state index is -1.74. The van der Waals surface area contributed by atoms with E-state index in [0.717, 1.165) is 21.1 Å². The maximum Gasteiger partial charge on any atom is 0.408 e. The third-order valence-corrected chi connectivity index (χ3v) is 6.52. The average molecular weight is 655 g/mol. The van der Waals surface area contributed by atoms with Crippen LogP contribution in [0.3, 0.4) is 0 Å². The van der Waals surface area contributed by atoms with Crippen molar-refractivity contribution >= 4 is 41.5 Å². The molecule has 16 heteroatoms. The highest BCUT2D eigenvalue weighted by atomic mass is 19.1. The van der Waals surface area contributed by atoms with Crippen molar-refractivity contribution in [1.82, 2.24) is 21.3 Å². The van der Waals surface area contributed by atoms with Crippen LogP contribution in [0.25, 0.3) is 0 Å². The van der Waals surface area contributed by atoms with E-state index in [0.29, 0.717) is 5.56 Å². The molecule has 5 N–H and O–H groups in total. The van der Waals surface area contributed by atoms with E-state index < -0.39 is 84.9 Å². The van der Waals surface area contributed by atoms with Gasteiger partial charge in [-0.3, -0.25) is 28.8 Å². The van der Waals surface area contributed by atoms with E-state index in [2.05, 4.69) is 30.7 Å². The molecular formula is C30H43FN4O11. The highest BCUT2D eigenvalue weighted by molar-refractivity contribution is 5.97. The number of aliphatic hydroxyl groups is 1. The van der Waals surface area contributed by atoms with E-state index in [9.17, 15) is 43.1 Å². The summed E-state index contributed by atoms with van der Waals surface area (Å²) < 4.78 is 27.4. The van der Waals surface area contributed by atoms with Gasteiger partial charge in [0.1, 0.15) is 37.4 Å². The molecule has 0 saturated carbocycles. The predicted molar refractivity (Wildman–Crippen MR) is 159 cm³/mol. The maximum atomic E-state index is 13.3. The van der Waals surface area contributed by atoms with E-state index in [4.69, 9.17) is 4.74 Å². The SMILES string of the molecule is COC(=O)CC[C@H](NC(=O)[C@H](CC(C)C)NC(=O)OCc1ccccc1)C(=O)N[C@H](C(=O)N[C@H](CC(=O)OC)C(=O)CF)[C@@H](C)O. The Bertz CT molecular complexity index is 1200. The van der Waals surface area contributed by atoms with Crippen molar-refractivity contribution in [3.05, 3.63) is 35.9 Å². The first-order chi connectivity index (χ1) is 21.7. The monoisotopic (exact) mass is 654 g/mol. The number of hydrogen-bond donors (Lipinski definition) is 5. The predicted octanol–water partition coefficient (Wildman–Crippen LogP) is 0.218. The Morgan fingerprint density at radius 1 is 0.783 bits per heavy atom. The summed E-state index contributed by atoms with van der Waals surface area (Å²) >= 11 is 0. The number of rotatable bonds is 19. The third-order valence-electron chi connectivity index (χ3n) is 6.52. The van der Waals surface area contributed by atoms with E-state index in [-0.39, 0.29) is 31.8 Å². The van der Waals surface area contributed by atoms with Gasteiger partial charge in [0, 0.05) is 6.42 Å². The van der Waals surface area contributed by atoms with Crippen LogP contribution in [0.1, 0.15) is 52.0 Å². The minimum Gasteiger partial charge on any atom is -0.469 e. The number of hydrogen-bond acceptors (Lipinski definition) is 11. The number of Topliss-reactive ketones (excluding diaryl/α,β-unsaturated/α-hetero) is 1. The molecule has 0 aliphatic heterocycles. The van der Waals surface area contributed by atoms with E-state index in [1.165, 1.54) is 0 Å². The zero-order valence-corrected chi connectivity index (χ0v) is 26.5. The number of esters is 2. The summed E-state index contributed by atoms with van der Waals surface area (Å²) in [7, 11) is 2.15. The summed E-state index contributed by atoms with van der Waals surface area (Å²) in [6.07, 6.45) is -3.68. The van der Waals surface area contributed by atoms with Gasteiger partial charge in [0.2, 0.25) is 17.7 Å². The number of carbonyl (C=O) groups excluding carboxylic acids is 7. The molecule has 0 fully saturated rings. The molecule has 1 rings (SSSR count). The Labute approximate surface area is 266 Å². The number of aliphatic hydroxyl groups excluding tert-OH is 1. The van der Waals surface area contributed by atoms with Gasteiger partial charge in [-0.05, 0) is 31.2 Å². The highest BCUT2D eigenvalue weighted by Gasteiger charge is 2.34. The van der Waals surface area contributed by atoms with Crippen LogP contribution in [0.5, 0.6) is 0 Å². The van der Waals surface area contributed by atoms with Crippen LogP contribution in [0.15, 0.2) is 30.3 Å². The second kappa shape index (κ2) is 20.4. The van der Waals surface area contributed by atoms with Crippen LogP contribution < -0.4 is 21.3 Å². The van der Waals surface area contributed by atoms with Crippen molar-refractivity contribution in [2.45, 2.75) is 83.3 Å². The van der Waals surface area contributed by atoms with Gasteiger partial charge in [-0.25, -0.2) is 9.18 Å². The topological polar surface area (TPSA) is 216 Å². The van der Waals surface area contributed by atoms with E-state index in [1.807, 2.05) is 0 Å². The number of ether oxygens (including phenoxy) is 3. The molecule has 0 aliphatic rings. The second-order valence-electron chi connectivity index (χ2n) is 10.7. The molecule has 4 amide bonds. The molecule has 0 unspecified atom stereocenters. The number of ketones is 1. The van der Waals surface area contributed by atoms with Gasteiger partial charge >= 0.3 is 18.0 Å². The summed E-state index contributed by atoms with van der Waals surface area (Å²) in [4.78, 5) is 87.6. The van der Waals surface area contributed by atoms with Gasteiger partial charge in [-0.15, -0.1) is 0 Å². The molecule has 0 saturated heterocycles. The number of alkyl halides is 1. The molecule has 0 radical (unpaired) electrons. The second-order valence-corrected chi connectivity index (χ2v) is 10.7. The molecule has 1 aromatic rings. The van der Waals surface area contributed by atoms with Crippen LogP contribution in [-0.4, -0.2) is 97.8 Å². The number of carbonyl (C=O) groups is 7. The third kappa shape index (κ3) is 14.5. The summed E-state index contributed by atoms with van der Waals surface area (Å²) in [5.41, 5.74) is 0.712. The first-order valence-electron chi connectivity index (χ1n) is 14.5. The average Bonchev–Trinajstić information content (AvgIpc) is 3.02. The molecule has 5 atom stereocenters. The molecule has 0 aliphatic carbocycles. The Hall–Kier alpha value is -4.60. The van der Waals surface area contributed by atoms with Gasteiger partial charge < -0.3 is 40.6 Å². The molecule has 15 nitrogen and oxygen atoms in total. The largest absolute Gasteiger partial charge is 0.469 e. The quantitative estimate of drug-likeness (QED) is 0.100. The lowest BCUT2D eigenvalue weighted by atomic mass is 10.0. The maximum absolute atomic E-state index is 13.3. The number of nitrogens with one attached hydrogen (secondary N) is 4. The summed E-state index contributed by atoms with van der Waals surface area (Å²) in [5.74, 6) is -5.85. The molecule has 0 spiro atoms. The summed E-state index contributed by atoms with van der Waals surface area (Å²) in [6, 6.07) is 2.78. The molecular weight excluding hydrogens is 611 g/mol. The van der Waals surface area contributed by atoms with Crippen molar-refractivity contribution in [2.24, 2.45) is 5.92 Å². The molecule has 0 bridgehead atoms. The summed E-state index contributed by atoms with van der Waals surface area (Å²) in [6.45, 7) is 3.16. The zero-order valence-electron chi connectivity index (χ0n) is 26.5. The lowest BCUT2D eigenvalue weighted by molar-refractivity contribution is -0.144. The lowest BCUT2D eigenvalue weighted by Gasteiger charge is -2.27. The smallest absolute Gasteiger partial charge is 0.408 e. The van der Waals surface area contributed by atoms with Gasteiger partial charge in [0.05, 0.1) is 26.7 Å². The van der Waals surface area contributed by atoms with Crippen LogP contribution in [0, 0.1) is 5.92 Å². The normalized spacial score (nSPS) is 14.0. The van der Waals surface area contributed by atoms with Gasteiger partial charge in [-0.2, -0.15) is 0 Å². The first kappa shape index (κ1) is 39.4. The fourth-order valence-corrected chi connectivity index (χ4v) is 4.02. The van der Waals surface area contributed by atoms with Crippen LogP contribution in [0.4, 0.5) is 9.18 Å². The fourth-order valence-electron chi connectivity index (χ4n) is 4.02. The van der Waals surface area contributed by atoms with Gasteiger partial charge in [0.15, 0.2) is 5.78 Å². The van der Waals surface area contributed by atoms with Crippen LogP contribution in [-0.2, 0) is 49.6 Å². The molecule has 0 heterocycles. The van der Waals surface area contributed by atoms with Crippen molar-refractivity contribution in [2.75, 3.05) is 20.9 Å². The Morgan fingerprint density at radius 3 is 1.91 bits per heavy atom. The standard InChI is InChI=1S/C30H43FN4O11/c1-17(2)13-22(34-30(43)46-16-19-9-7-6-8-10-19)28(41)32-20(11-12-24(38)44-4)27(40)35-26(18(3)36)29(42)33-21(23(37)15-31)14-25(39)45-5/h6-10,17-18,20-22,26,36H,11-16H2,1-5H3,(H,32,41)(H,33,42)(H,34,43)(H,35,40)/t18-,20+,21-,22+,26+/m1/s1. The number of halogens is 1. The molecule has 1 aromatic carbocycles. The Morgan fingerprint density at radius 2 is 1.37 bits per heavy atom. The van der Waals surface area contributed by atoms with Crippen molar-refractivity contribution in [1.29, 1.82) is 0 Å². The van der Waals surface area contributed by atoms with Gasteiger partial charge in [0.25, 0.3) is 0 Å². The van der Waals surface area contributed by atoms with Crippen molar-refractivity contribution < 1.29 is 57.3 Å². The number of amides is 4. The molecule has 256 valence electrons. The Kier molecular flexibility index (Phi) is 17.5. The fraction of sp³-hybridized carbons (Fsp3) is 0.567. The van der Waals surface area contributed by atoms with Crippen molar-refractivity contribution in [3.63, 3.8) is 0 Å². The molecule has 46 heavy (non-hydrogen) atoms. The minimum absolute atomic E-state index is 0.0624. The van der Waals surface area contributed by atoms with Crippen molar-refractivity contribution in [3.8, 4) is 0 Å².